The summed E-state index contributed by atoms with van der Waals surface area (Å²) in [7, 11) is 0. The first-order chi connectivity index (χ1) is 14.0. The van der Waals surface area contributed by atoms with Crippen LogP contribution in [0.15, 0.2) is 24.3 Å². The van der Waals surface area contributed by atoms with E-state index in [1.807, 2.05) is 47.7 Å². The summed E-state index contributed by atoms with van der Waals surface area (Å²) in [4.78, 5) is 25.9. The summed E-state index contributed by atoms with van der Waals surface area (Å²) in [6.07, 6.45) is 2.91. The molecule has 7 nitrogen and oxygen atoms in total. The third-order valence-electron chi connectivity index (χ3n) is 5.98. The SMILES string of the molecule is Cc1nn(-c2ccc(C(=O)N3CCOCC3C3CC3)cc2)c(C)c1CCC(=O)O. The predicted molar refractivity (Wildman–Crippen MR) is 107 cm³/mol. The summed E-state index contributed by atoms with van der Waals surface area (Å²) in [6, 6.07) is 7.71. The normalized spacial score (nSPS) is 19.4. The van der Waals surface area contributed by atoms with Gasteiger partial charge in [0.2, 0.25) is 0 Å². The lowest BCUT2D eigenvalue weighted by Gasteiger charge is -2.36. The molecular weight excluding hydrogens is 370 g/mol. The summed E-state index contributed by atoms with van der Waals surface area (Å²) >= 11 is 0. The Morgan fingerprint density at radius 2 is 1.93 bits per heavy atom. The third kappa shape index (κ3) is 4.05. The molecule has 4 rings (SSSR count). The number of hydrogen-bond acceptors (Lipinski definition) is 4. The molecule has 0 spiro atoms. The van der Waals surface area contributed by atoms with E-state index in [-0.39, 0.29) is 18.4 Å². The van der Waals surface area contributed by atoms with Gasteiger partial charge in [-0.05, 0) is 68.9 Å². The lowest BCUT2D eigenvalue weighted by Crippen LogP contribution is -2.49. The average Bonchev–Trinajstić information content (AvgIpc) is 3.52. The van der Waals surface area contributed by atoms with Gasteiger partial charge in [-0.2, -0.15) is 5.10 Å². The highest BCUT2D eigenvalue weighted by Crippen LogP contribution is 2.37. The van der Waals surface area contributed by atoms with E-state index in [0.29, 0.717) is 37.7 Å². The first kappa shape index (κ1) is 19.6. The van der Waals surface area contributed by atoms with Crippen molar-refractivity contribution in [3.8, 4) is 5.69 Å². The fraction of sp³-hybridized carbons (Fsp3) is 0.500. The van der Waals surface area contributed by atoms with Crippen LogP contribution in [-0.2, 0) is 16.0 Å². The number of aromatic nitrogens is 2. The van der Waals surface area contributed by atoms with Crippen LogP contribution in [0, 0.1) is 19.8 Å². The first-order valence-corrected chi connectivity index (χ1v) is 10.2. The highest BCUT2D eigenvalue weighted by atomic mass is 16.5. The number of carbonyl (C=O) groups is 2. The number of ether oxygens (including phenoxy) is 1. The highest BCUT2D eigenvalue weighted by Gasteiger charge is 2.39. The van der Waals surface area contributed by atoms with Crippen LogP contribution in [0.3, 0.4) is 0 Å². The van der Waals surface area contributed by atoms with Crippen molar-refractivity contribution in [2.24, 2.45) is 5.92 Å². The molecular formula is C22H27N3O4. The lowest BCUT2D eigenvalue weighted by atomic mass is 10.1. The Bertz CT molecular complexity index is 915. The van der Waals surface area contributed by atoms with Gasteiger partial charge in [-0.3, -0.25) is 9.59 Å². The molecule has 7 heteroatoms. The van der Waals surface area contributed by atoms with E-state index in [1.54, 1.807) is 0 Å². The Balaban J connectivity index is 1.53. The summed E-state index contributed by atoms with van der Waals surface area (Å²) in [5.74, 6) is -0.170. The van der Waals surface area contributed by atoms with E-state index in [2.05, 4.69) is 5.10 Å². The van der Waals surface area contributed by atoms with Crippen molar-refractivity contribution in [2.45, 2.75) is 45.6 Å². The molecule has 0 bridgehead atoms. The van der Waals surface area contributed by atoms with Crippen LogP contribution in [0.1, 0.15) is 46.6 Å². The molecule has 1 amide bonds. The molecule has 2 aromatic rings. The van der Waals surface area contributed by atoms with Crippen LogP contribution in [0.25, 0.3) is 5.69 Å². The summed E-state index contributed by atoms with van der Waals surface area (Å²) < 4.78 is 7.42. The molecule has 29 heavy (non-hydrogen) atoms. The Morgan fingerprint density at radius 3 is 2.59 bits per heavy atom. The van der Waals surface area contributed by atoms with Crippen LogP contribution < -0.4 is 0 Å². The molecule has 2 fully saturated rings. The topological polar surface area (TPSA) is 84.7 Å². The van der Waals surface area contributed by atoms with Crippen molar-refractivity contribution >= 4 is 11.9 Å². The van der Waals surface area contributed by atoms with Gasteiger partial charge in [0.1, 0.15) is 0 Å². The van der Waals surface area contributed by atoms with E-state index in [9.17, 15) is 9.59 Å². The number of rotatable bonds is 6. The number of morpholine rings is 1. The first-order valence-electron chi connectivity index (χ1n) is 10.2. The molecule has 1 atom stereocenters. The molecule has 1 aromatic carbocycles. The maximum atomic E-state index is 13.1. The standard InChI is InChI=1S/C22H27N3O4/c1-14-19(9-10-21(26)27)15(2)25(23-14)18-7-5-17(6-8-18)22(28)24-11-12-29-13-20(24)16-3-4-16/h5-8,16,20H,3-4,9-13H2,1-2H3,(H,26,27). The minimum atomic E-state index is -0.813. The molecule has 1 unspecified atom stereocenters. The summed E-state index contributed by atoms with van der Waals surface area (Å²) in [5.41, 5.74) is 4.28. The number of carboxylic acid groups (broad SMARTS) is 1. The van der Waals surface area contributed by atoms with Crippen molar-refractivity contribution < 1.29 is 19.4 Å². The second-order valence-corrected chi connectivity index (χ2v) is 7.98. The van der Waals surface area contributed by atoms with E-state index >= 15 is 0 Å². The quantitative estimate of drug-likeness (QED) is 0.810. The van der Waals surface area contributed by atoms with Gasteiger partial charge >= 0.3 is 5.97 Å². The molecule has 1 N–H and O–H groups in total. The molecule has 1 aromatic heterocycles. The number of hydrogen-bond donors (Lipinski definition) is 1. The second kappa shape index (κ2) is 7.99. The van der Waals surface area contributed by atoms with Gasteiger partial charge in [0.25, 0.3) is 5.91 Å². The zero-order valence-corrected chi connectivity index (χ0v) is 16.9. The molecule has 1 saturated heterocycles. The minimum absolute atomic E-state index is 0.0623. The van der Waals surface area contributed by atoms with Gasteiger partial charge in [-0.15, -0.1) is 0 Å². The van der Waals surface area contributed by atoms with E-state index in [1.165, 1.54) is 12.8 Å². The number of carboxylic acids is 1. The molecule has 1 saturated carbocycles. The molecule has 2 aliphatic rings. The highest BCUT2D eigenvalue weighted by molar-refractivity contribution is 5.94. The Hall–Kier alpha value is -2.67. The second-order valence-electron chi connectivity index (χ2n) is 7.98. The van der Waals surface area contributed by atoms with Crippen molar-refractivity contribution in [1.29, 1.82) is 0 Å². The zero-order chi connectivity index (χ0) is 20.5. The fourth-order valence-corrected chi connectivity index (χ4v) is 4.18. The maximum Gasteiger partial charge on any atom is 0.303 e. The van der Waals surface area contributed by atoms with Gasteiger partial charge in [0, 0.05) is 24.2 Å². The van der Waals surface area contributed by atoms with Gasteiger partial charge in [-0.1, -0.05) is 0 Å². The Morgan fingerprint density at radius 1 is 1.21 bits per heavy atom. The molecule has 154 valence electrons. The number of amides is 1. The average molecular weight is 397 g/mol. The van der Waals surface area contributed by atoms with Crippen molar-refractivity contribution in [3.63, 3.8) is 0 Å². The van der Waals surface area contributed by atoms with Gasteiger partial charge in [0.05, 0.1) is 30.6 Å². The van der Waals surface area contributed by atoms with Crippen LogP contribution in [-0.4, -0.2) is 57.5 Å². The molecule has 0 radical (unpaired) electrons. The van der Waals surface area contributed by atoms with Gasteiger partial charge in [0.15, 0.2) is 0 Å². The minimum Gasteiger partial charge on any atom is -0.481 e. The Labute approximate surface area is 170 Å². The monoisotopic (exact) mass is 397 g/mol. The molecule has 2 heterocycles. The summed E-state index contributed by atoms with van der Waals surface area (Å²) in [5, 5.41) is 13.5. The van der Waals surface area contributed by atoms with Gasteiger partial charge in [-0.25, -0.2) is 4.68 Å². The van der Waals surface area contributed by atoms with Crippen molar-refractivity contribution in [1.82, 2.24) is 14.7 Å². The number of benzene rings is 1. The van der Waals surface area contributed by atoms with Crippen LogP contribution in [0.5, 0.6) is 0 Å². The maximum absolute atomic E-state index is 13.1. The third-order valence-corrected chi connectivity index (χ3v) is 5.98. The number of aryl methyl sites for hydroxylation is 1. The largest absolute Gasteiger partial charge is 0.481 e. The van der Waals surface area contributed by atoms with E-state index in [0.717, 1.165) is 22.6 Å². The summed E-state index contributed by atoms with van der Waals surface area (Å²) in [6.45, 7) is 5.72. The van der Waals surface area contributed by atoms with E-state index in [4.69, 9.17) is 9.84 Å². The van der Waals surface area contributed by atoms with Gasteiger partial charge < -0.3 is 14.7 Å². The van der Waals surface area contributed by atoms with Crippen molar-refractivity contribution in [3.05, 3.63) is 46.8 Å². The smallest absolute Gasteiger partial charge is 0.303 e. The van der Waals surface area contributed by atoms with Crippen LogP contribution >= 0.6 is 0 Å². The molecule has 1 aliphatic heterocycles. The fourth-order valence-electron chi connectivity index (χ4n) is 4.18. The molecule has 1 aliphatic carbocycles. The predicted octanol–water partition coefficient (Wildman–Crippen LogP) is 2.76. The van der Waals surface area contributed by atoms with Crippen LogP contribution in [0.4, 0.5) is 0 Å². The van der Waals surface area contributed by atoms with Crippen LogP contribution in [0.2, 0.25) is 0 Å². The number of carbonyl (C=O) groups excluding carboxylic acids is 1. The number of aliphatic carboxylic acids is 1. The Kier molecular flexibility index (Phi) is 5.41. The lowest BCUT2D eigenvalue weighted by molar-refractivity contribution is -0.136. The zero-order valence-electron chi connectivity index (χ0n) is 16.9. The van der Waals surface area contributed by atoms with Crippen molar-refractivity contribution in [2.75, 3.05) is 19.8 Å². The number of nitrogens with zero attached hydrogens (tertiary/aromatic N) is 3. The van der Waals surface area contributed by atoms with E-state index < -0.39 is 5.97 Å².